The van der Waals surface area contributed by atoms with Gasteiger partial charge in [0.25, 0.3) is 6.71 Å². The van der Waals surface area contributed by atoms with Gasteiger partial charge in [0.15, 0.2) is 0 Å². The molecule has 0 spiro atoms. The number of nitrogens with zero attached hydrogens (tertiary/aromatic N) is 2. The molecule has 68 heavy (non-hydrogen) atoms. The molecule has 0 saturated heterocycles. The fraction of sp³-hybridized carbons (Fsp3) is 0.312. The fourth-order valence-corrected chi connectivity index (χ4v) is 12.9. The van der Waals surface area contributed by atoms with Crippen molar-refractivity contribution in [3.05, 3.63) is 184 Å². The molecule has 0 fully saturated rings. The number of hydrogen-bond donors (Lipinski definition) is 0. The molecule has 1 aromatic heterocycles. The second kappa shape index (κ2) is 15.3. The average molecular weight is 910 g/mol. The van der Waals surface area contributed by atoms with Gasteiger partial charge in [-0.2, -0.15) is 0 Å². The number of fused-ring (bicyclic) bond motifs is 7. The molecule has 4 heteroatoms. The monoisotopic (exact) mass is 910 g/mol. The largest absolute Gasteiger partial charge is 0.311 e. The van der Waals surface area contributed by atoms with E-state index in [1.165, 1.54) is 93.2 Å². The molecule has 0 amide bonds. The van der Waals surface area contributed by atoms with Crippen molar-refractivity contribution in [2.24, 2.45) is 0 Å². The molecule has 0 unspecified atom stereocenters. The van der Waals surface area contributed by atoms with Crippen LogP contribution in [0.25, 0.3) is 21.2 Å². The summed E-state index contributed by atoms with van der Waals surface area (Å²) in [5, 5.41) is 1.20. The Bertz CT molecular complexity index is 3460. The Hall–Kier alpha value is -5.84. The summed E-state index contributed by atoms with van der Waals surface area (Å²) in [5.74, 6) is 0. The predicted octanol–water partition coefficient (Wildman–Crippen LogP) is 16.2. The summed E-state index contributed by atoms with van der Waals surface area (Å²) in [6.45, 7) is 30.2. The minimum atomic E-state index is -0.535. The van der Waals surface area contributed by atoms with Crippen molar-refractivity contribution in [1.82, 2.24) is 0 Å². The number of benzene rings is 7. The van der Waals surface area contributed by atoms with Gasteiger partial charge in [0, 0.05) is 48.6 Å². The molecular weight excluding hydrogens is 840 g/mol. The van der Waals surface area contributed by atoms with Gasteiger partial charge in [-0.05, 0) is 151 Å². The molecule has 7 aromatic carbocycles. The Kier molecular flexibility index (Phi) is 9.28. The lowest BCUT2D eigenvalue weighted by Crippen LogP contribution is -2.61. The van der Waals surface area contributed by atoms with Gasteiger partial charge in [0.1, 0.15) is 0 Å². The molecule has 0 radical (unpaired) electrons. The zero-order valence-corrected chi connectivity index (χ0v) is 43.2. The zero-order chi connectivity index (χ0) is 50.5. The first-order valence-corrected chi connectivity index (χ1v) is 25.6. The van der Waals surface area contributed by atoms with Crippen molar-refractivity contribution in [3.8, 4) is 11.1 Å². The van der Waals surface area contributed by atoms with Gasteiger partial charge in [-0.1, -0.05) is 174 Å². The first-order valence-electron chi connectivity index (χ1n) is 26.2. The van der Waals surface area contributed by atoms with Crippen LogP contribution in [0.15, 0.2) is 146 Å². The maximum Gasteiger partial charge on any atom is 0.264 e. The topological polar surface area (TPSA) is 6.48 Å². The van der Waals surface area contributed by atoms with E-state index in [1.54, 1.807) is 12.1 Å². The molecule has 1 aliphatic carbocycles. The molecule has 3 heterocycles. The summed E-state index contributed by atoms with van der Waals surface area (Å²) in [4.78, 5) is 5.22. The molecule has 0 saturated carbocycles. The summed E-state index contributed by atoms with van der Waals surface area (Å²) in [7, 11) is 0. The number of anilines is 6. The van der Waals surface area contributed by atoms with Crippen molar-refractivity contribution in [3.63, 3.8) is 0 Å². The third-order valence-corrected chi connectivity index (χ3v) is 17.2. The van der Waals surface area contributed by atoms with Crippen LogP contribution in [0.3, 0.4) is 0 Å². The van der Waals surface area contributed by atoms with Crippen LogP contribution in [0.1, 0.15) is 139 Å². The predicted molar refractivity (Wildman–Crippen MR) is 297 cm³/mol. The normalized spacial score (nSPS) is 16.7. The van der Waals surface area contributed by atoms with Crippen molar-refractivity contribution in [1.29, 1.82) is 0 Å². The third-order valence-electron chi connectivity index (χ3n) is 16.0. The zero-order valence-electron chi connectivity index (χ0n) is 45.4. The van der Waals surface area contributed by atoms with Gasteiger partial charge in [-0.25, -0.2) is 0 Å². The summed E-state index contributed by atoms with van der Waals surface area (Å²) in [5.41, 5.74) is 20.5. The Labute approximate surface area is 415 Å². The highest BCUT2D eigenvalue weighted by atomic mass is 32.1. The number of rotatable bonds is 5. The molecule has 2 nitrogen and oxygen atoms in total. The van der Waals surface area contributed by atoms with Crippen LogP contribution < -0.4 is 25.5 Å². The molecule has 8 aromatic rings. The quantitative estimate of drug-likeness (QED) is 0.159. The third kappa shape index (κ3) is 7.02. The van der Waals surface area contributed by atoms with E-state index in [-0.39, 0.29) is 46.5 Å². The molecule has 0 N–H and O–H groups in total. The number of thiophene rings is 1. The minimum Gasteiger partial charge on any atom is -0.311 e. The maximum atomic E-state index is 8.61. The summed E-state index contributed by atoms with van der Waals surface area (Å²) < 4.78 is 28.1. The van der Waals surface area contributed by atoms with Crippen molar-refractivity contribution >= 4 is 78.0 Å². The molecule has 0 atom stereocenters. The standard InChI is InChI=1S/C64H67BN2S/c1-40-34-54-57-55(35-40)67(52-30-26-44(61(5,6)7)36-47(52)41-20-16-14-17-21-41)53-39-50-49(62(8,9)32-33-63(50,10)11)38-51(53)65(57)59-58(66(54)46-28-24-42(25-29-46)60(2,3)4)48-37-45(27-31-56(48)68-59)64(12,13)43-22-18-15-19-23-43/h14-31,34-39H,32-33H2,1-13H3/i15D,18D,19D. The average Bonchev–Trinajstić information content (AvgIpc) is 3.69. The van der Waals surface area contributed by atoms with Crippen LogP contribution in [0, 0.1) is 6.92 Å². The first-order chi connectivity index (χ1) is 33.3. The van der Waals surface area contributed by atoms with Crippen LogP contribution in [0.4, 0.5) is 34.1 Å². The van der Waals surface area contributed by atoms with Gasteiger partial charge in [0.2, 0.25) is 0 Å². The summed E-state index contributed by atoms with van der Waals surface area (Å²) >= 11 is 1.93. The molecule has 11 rings (SSSR count). The SMILES string of the molecule is [2H]c1cc(C(C)(C)c2ccc3sc4c(c3c2)N(c2ccc(C(C)(C)C)cc2)c2cc(C)cc3c2B4c2cc4c(cc2N3c2ccc(C(C)(C)C)cc2-c2ccccc2)C(C)(C)CCC4(C)C)cc([2H])c1[2H]. The highest BCUT2D eigenvalue weighted by Crippen LogP contribution is 2.53. The van der Waals surface area contributed by atoms with Gasteiger partial charge in [-0.3, -0.25) is 0 Å². The van der Waals surface area contributed by atoms with E-state index in [2.05, 4.69) is 215 Å². The fourth-order valence-electron chi connectivity index (χ4n) is 11.6. The molecule has 2 aliphatic heterocycles. The first kappa shape index (κ1) is 41.2. The summed E-state index contributed by atoms with van der Waals surface area (Å²) in [6, 6.07) is 48.3. The number of hydrogen-bond acceptors (Lipinski definition) is 3. The lowest BCUT2D eigenvalue weighted by Gasteiger charge is -2.47. The van der Waals surface area contributed by atoms with Gasteiger partial charge >= 0.3 is 0 Å². The van der Waals surface area contributed by atoms with Crippen molar-refractivity contribution in [2.45, 2.75) is 130 Å². The van der Waals surface area contributed by atoms with Crippen molar-refractivity contribution in [2.75, 3.05) is 9.80 Å². The van der Waals surface area contributed by atoms with E-state index in [0.29, 0.717) is 0 Å². The Balaban J connectivity index is 1.25. The van der Waals surface area contributed by atoms with E-state index < -0.39 is 5.41 Å². The second-order valence-corrected chi connectivity index (χ2v) is 25.1. The number of aryl methyl sites for hydroxylation is 1. The van der Waals surface area contributed by atoms with E-state index in [4.69, 9.17) is 4.11 Å². The molecule has 3 aliphatic rings. The smallest absolute Gasteiger partial charge is 0.264 e. The van der Waals surface area contributed by atoms with Crippen LogP contribution in [-0.4, -0.2) is 6.71 Å². The van der Waals surface area contributed by atoms with E-state index in [9.17, 15) is 0 Å². The summed E-state index contributed by atoms with van der Waals surface area (Å²) in [6.07, 6.45) is 2.26. The Morgan fingerprint density at radius 3 is 1.81 bits per heavy atom. The molecular formula is C64H67BN2S. The molecule has 342 valence electrons. The maximum absolute atomic E-state index is 8.61. The molecule has 0 bridgehead atoms. The lowest BCUT2D eigenvalue weighted by molar-refractivity contribution is 0.332. The van der Waals surface area contributed by atoms with Crippen LogP contribution >= 0.6 is 11.3 Å². The van der Waals surface area contributed by atoms with Crippen LogP contribution in [0.2, 0.25) is 0 Å². The van der Waals surface area contributed by atoms with E-state index in [0.717, 1.165) is 29.7 Å². The van der Waals surface area contributed by atoms with E-state index in [1.807, 2.05) is 11.3 Å². The highest BCUT2D eigenvalue weighted by Gasteiger charge is 2.48. The van der Waals surface area contributed by atoms with Gasteiger partial charge in [0.05, 0.1) is 15.5 Å². The minimum absolute atomic E-state index is 0.000370. The van der Waals surface area contributed by atoms with Crippen LogP contribution in [0.5, 0.6) is 0 Å². The van der Waals surface area contributed by atoms with Gasteiger partial charge < -0.3 is 9.80 Å². The Morgan fingerprint density at radius 1 is 0.559 bits per heavy atom. The van der Waals surface area contributed by atoms with Gasteiger partial charge in [-0.15, -0.1) is 11.3 Å². The van der Waals surface area contributed by atoms with Crippen molar-refractivity contribution < 1.29 is 4.11 Å². The van der Waals surface area contributed by atoms with Crippen LogP contribution in [-0.2, 0) is 27.1 Å². The second-order valence-electron chi connectivity index (χ2n) is 24.0. The lowest BCUT2D eigenvalue weighted by atomic mass is 9.35. The highest BCUT2D eigenvalue weighted by molar-refractivity contribution is 7.33. The Morgan fingerprint density at radius 2 is 1.16 bits per heavy atom. The van der Waals surface area contributed by atoms with E-state index >= 15 is 0 Å².